The van der Waals surface area contributed by atoms with Gasteiger partial charge in [0.2, 0.25) is 0 Å². The highest BCUT2D eigenvalue weighted by Gasteiger charge is 2.36. The number of nitrogens with zero attached hydrogens (tertiary/aromatic N) is 1. The molecule has 2 saturated heterocycles. The van der Waals surface area contributed by atoms with Crippen molar-refractivity contribution in [3.05, 3.63) is 28.8 Å². The Hall–Kier alpha value is -1.10. The highest BCUT2D eigenvalue weighted by Crippen LogP contribution is 2.27. The first-order valence-corrected chi connectivity index (χ1v) is 8.37. The summed E-state index contributed by atoms with van der Waals surface area (Å²) in [6.45, 7) is 9.18. The summed E-state index contributed by atoms with van der Waals surface area (Å²) in [5.41, 5.74) is 4.09. The first-order valence-electron chi connectivity index (χ1n) is 8.37. The normalized spacial score (nSPS) is 24.1. The molecule has 2 fully saturated rings. The van der Waals surface area contributed by atoms with Crippen LogP contribution in [0.4, 0.5) is 0 Å². The number of rotatable bonds is 7. The van der Waals surface area contributed by atoms with Gasteiger partial charge in [0.1, 0.15) is 12.4 Å². The van der Waals surface area contributed by atoms with Crippen LogP contribution in [-0.2, 0) is 11.2 Å². The Labute approximate surface area is 133 Å². The molecule has 2 heterocycles. The average Bonchev–Trinajstić information content (AvgIpc) is 3.13. The SMILES string of the molecule is COCCOc1ccc(CCN2CC3CC2CN3)c(C)c1C. The lowest BCUT2D eigenvalue weighted by Crippen LogP contribution is -2.44. The second-order valence-corrected chi connectivity index (χ2v) is 6.55. The van der Waals surface area contributed by atoms with Gasteiger partial charge < -0.3 is 14.8 Å². The van der Waals surface area contributed by atoms with Crippen LogP contribution in [0, 0.1) is 13.8 Å². The fraction of sp³-hybridized carbons (Fsp3) is 0.667. The molecular formula is C18H28N2O2. The van der Waals surface area contributed by atoms with Gasteiger partial charge in [-0.2, -0.15) is 0 Å². The standard InChI is InChI=1S/C18H28N2O2/c1-13-14(2)18(22-9-8-21-3)5-4-15(13)6-7-20-12-16-10-17(20)11-19-16/h4-5,16-17,19H,6-12H2,1-3H3. The number of hydrogen-bond acceptors (Lipinski definition) is 4. The monoisotopic (exact) mass is 304 g/mol. The van der Waals surface area contributed by atoms with Crippen molar-refractivity contribution in [2.24, 2.45) is 0 Å². The third kappa shape index (κ3) is 3.29. The van der Waals surface area contributed by atoms with Gasteiger partial charge in [-0.3, -0.25) is 4.90 Å². The average molecular weight is 304 g/mol. The molecule has 1 aromatic rings. The quantitative estimate of drug-likeness (QED) is 0.780. The molecule has 0 saturated carbocycles. The second kappa shape index (κ2) is 6.99. The maximum absolute atomic E-state index is 5.79. The molecule has 0 spiro atoms. The lowest BCUT2D eigenvalue weighted by atomic mass is 9.99. The molecule has 2 bridgehead atoms. The van der Waals surface area contributed by atoms with Gasteiger partial charge in [0.05, 0.1) is 6.61 Å². The van der Waals surface area contributed by atoms with E-state index in [4.69, 9.17) is 9.47 Å². The van der Waals surface area contributed by atoms with Crippen molar-refractivity contribution >= 4 is 0 Å². The van der Waals surface area contributed by atoms with Crippen LogP contribution in [0.5, 0.6) is 5.75 Å². The minimum absolute atomic E-state index is 0.611. The molecule has 2 aliphatic heterocycles. The lowest BCUT2D eigenvalue weighted by molar-refractivity contribution is 0.146. The van der Waals surface area contributed by atoms with Gasteiger partial charge in [0.15, 0.2) is 0 Å². The summed E-state index contributed by atoms with van der Waals surface area (Å²) < 4.78 is 10.8. The highest BCUT2D eigenvalue weighted by atomic mass is 16.5. The molecule has 2 aliphatic rings. The van der Waals surface area contributed by atoms with Crippen LogP contribution < -0.4 is 10.1 Å². The van der Waals surface area contributed by atoms with Crippen LogP contribution in [-0.4, -0.2) is 56.9 Å². The summed E-state index contributed by atoms with van der Waals surface area (Å²) in [5.74, 6) is 0.989. The van der Waals surface area contributed by atoms with Gasteiger partial charge in [-0.25, -0.2) is 0 Å². The Morgan fingerprint density at radius 1 is 1.23 bits per heavy atom. The number of nitrogens with one attached hydrogen (secondary N) is 1. The molecule has 0 aliphatic carbocycles. The Morgan fingerprint density at radius 3 is 2.77 bits per heavy atom. The number of likely N-dealkylation sites (tertiary alicyclic amines) is 1. The van der Waals surface area contributed by atoms with Gasteiger partial charge in [0, 0.05) is 38.8 Å². The summed E-state index contributed by atoms with van der Waals surface area (Å²) in [5, 5.41) is 3.57. The Bertz CT molecular complexity index is 518. The zero-order valence-corrected chi connectivity index (χ0v) is 14.0. The molecule has 0 aromatic heterocycles. The van der Waals surface area contributed by atoms with Crippen LogP contribution in [0.1, 0.15) is 23.1 Å². The number of ether oxygens (including phenoxy) is 2. The third-order valence-electron chi connectivity index (χ3n) is 5.23. The number of piperazine rings is 1. The fourth-order valence-corrected chi connectivity index (χ4v) is 3.70. The van der Waals surface area contributed by atoms with Crippen molar-refractivity contribution in [1.29, 1.82) is 0 Å². The number of fused-ring (bicyclic) bond motifs is 2. The molecule has 1 N–H and O–H groups in total. The summed E-state index contributed by atoms with van der Waals surface area (Å²) in [6.07, 6.45) is 2.47. The molecule has 1 aromatic carbocycles. The zero-order chi connectivity index (χ0) is 15.5. The van der Waals surface area contributed by atoms with E-state index in [1.807, 2.05) is 0 Å². The van der Waals surface area contributed by atoms with Gasteiger partial charge in [0.25, 0.3) is 0 Å². The van der Waals surface area contributed by atoms with E-state index in [-0.39, 0.29) is 0 Å². The van der Waals surface area contributed by atoms with Crippen LogP contribution in [0.25, 0.3) is 0 Å². The molecular weight excluding hydrogens is 276 g/mol. The molecule has 4 heteroatoms. The van der Waals surface area contributed by atoms with E-state index in [0.717, 1.165) is 24.3 Å². The first kappa shape index (κ1) is 15.8. The van der Waals surface area contributed by atoms with Crippen molar-refractivity contribution in [3.8, 4) is 5.75 Å². The maximum Gasteiger partial charge on any atom is 0.122 e. The zero-order valence-electron chi connectivity index (χ0n) is 14.0. The third-order valence-corrected chi connectivity index (χ3v) is 5.23. The van der Waals surface area contributed by atoms with E-state index in [0.29, 0.717) is 13.2 Å². The molecule has 0 radical (unpaired) electrons. The van der Waals surface area contributed by atoms with E-state index in [1.54, 1.807) is 7.11 Å². The second-order valence-electron chi connectivity index (χ2n) is 6.55. The Morgan fingerprint density at radius 2 is 2.09 bits per heavy atom. The summed E-state index contributed by atoms with van der Waals surface area (Å²) in [4.78, 5) is 2.65. The molecule has 2 unspecified atom stereocenters. The lowest BCUT2D eigenvalue weighted by Gasteiger charge is -2.27. The van der Waals surface area contributed by atoms with Gasteiger partial charge >= 0.3 is 0 Å². The van der Waals surface area contributed by atoms with E-state index >= 15 is 0 Å². The summed E-state index contributed by atoms with van der Waals surface area (Å²) >= 11 is 0. The molecule has 2 atom stereocenters. The minimum atomic E-state index is 0.611. The van der Waals surface area contributed by atoms with E-state index < -0.39 is 0 Å². The van der Waals surface area contributed by atoms with Crippen LogP contribution in [0.2, 0.25) is 0 Å². The maximum atomic E-state index is 5.79. The van der Waals surface area contributed by atoms with Crippen molar-refractivity contribution in [1.82, 2.24) is 10.2 Å². The summed E-state index contributed by atoms with van der Waals surface area (Å²) in [7, 11) is 1.70. The predicted octanol–water partition coefficient (Wildman–Crippen LogP) is 1.92. The van der Waals surface area contributed by atoms with Gasteiger partial charge in [-0.1, -0.05) is 6.07 Å². The number of benzene rings is 1. The van der Waals surface area contributed by atoms with Crippen molar-refractivity contribution < 1.29 is 9.47 Å². The van der Waals surface area contributed by atoms with E-state index in [9.17, 15) is 0 Å². The van der Waals surface area contributed by atoms with Gasteiger partial charge in [-0.05, 0) is 49.4 Å². The van der Waals surface area contributed by atoms with Crippen LogP contribution >= 0.6 is 0 Å². The van der Waals surface area contributed by atoms with Crippen molar-refractivity contribution in [2.75, 3.05) is 40.0 Å². The van der Waals surface area contributed by atoms with Crippen LogP contribution in [0.3, 0.4) is 0 Å². The first-order chi connectivity index (χ1) is 10.7. The topological polar surface area (TPSA) is 33.7 Å². The largest absolute Gasteiger partial charge is 0.491 e. The van der Waals surface area contributed by atoms with Crippen molar-refractivity contribution in [2.45, 2.75) is 38.8 Å². The van der Waals surface area contributed by atoms with Crippen molar-refractivity contribution in [3.63, 3.8) is 0 Å². The van der Waals surface area contributed by atoms with Gasteiger partial charge in [-0.15, -0.1) is 0 Å². The number of methoxy groups -OCH3 is 1. The van der Waals surface area contributed by atoms with E-state index in [1.165, 1.54) is 42.7 Å². The van der Waals surface area contributed by atoms with Crippen LogP contribution in [0.15, 0.2) is 12.1 Å². The molecule has 0 amide bonds. The minimum Gasteiger partial charge on any atom is -0.491 e. The van der Waals surface area contributed by atoms with E-state index in [2.05, 4.69) is 36.2 Å². The molecule has 3 rings (SSSR count). The molecule has 4 nitrogen and oxygen atoms in total. The fourth-order valence-electron chi connectivity index (χ4n) is 3.70. The predicted molar refractivity (Wildman–Crippen MR) is 88.8 cm³/mol. The molecule has 122 valence electrons. The highest BCUT2D eigenvalue weighted by molar-refractivity contribution is 5.43. The molecule has 22 heavy (non-hydrogen) atoms. The Kier molecular flexibility index (Phi) is 5.01. The smallest absolute Gasteiger partial charge is 0.122 e. The summed E-state index contributed by atoms with van der Waals surface area (Å²) in [6, 6.07) is 5.86. The Balaban J connectivity index is 1.58. The number of hydrogen-bond donors (Lipinski definition) is 1.